The molecule has 1 N–H and O–H groups in total. The number of hydrogen-bond acceptors (Lipinski definition) is 7. The van der Waals surface area contributed by atoms with E-state index in [2.05, 4.69) is 15.0 Å². The van der Waals surface area contributed by atoms with E-state index < -0.39 is 40.5 Å². The van der Waals surface area contributed by atoms with Gasteiger partial charge in [0.2, 0.25) is 5.88 Å². The lowest BCUT2D eigenvalue weighted by molar-refractivity contribution is 0.0784. The van der Waals surface area contributed by atoms with E-state index in [1.807, 2.05) is 45.9 Å². The molecule has 214 valence electrons. The Bertz CT molecular complexity index is 1660. The van der Waals surface area contributed by atoms with Gasteiger partial charge in [0, 0.05) is 36.4 Å². The maximum atomic E-state index is 14.4. The zero-order chi connectivity index (χ0) is 29.4. The number of benzene rings is 1. The van der Waals surface area contributed by atoms with Gasteiger partial charge in [-0.1, -0.05) is 45.9 Å². The van der Waals surface area contributed by atoms with Gasteiger partial charge in [0.05, 0.1) is 22.6 Å². The van der Waals surface area contributed by atoms with E-state index in [0.29, 0.717) is 30.6 Å². The Morgan fingerprint density at radius 3 is 2.49 bits per heavy atom. The summed E-state index contributed by atoms with van der Waals surface area (Å²) in [7, 11) is 0. The molecular formula is C30H31F2N5O3S. The summed E-state index contributed by atoms with van der Waals surface area (Å²) in [4.78, 5) is 42.4. The molecule has 0 radical (unpaired) electrons. The number of carbonyl (C=O) groups is 1. The zero-order valence-corrected chi connectivity index (χ0v) is 24.1. The predicted molar refractivity (Wildman–Crippen MR) is 153 cm³/mol. The van der Waals surface area contributed by atoms with Crippen LogP contribution in [0.15, 0.2) is 40.6 Å². The second-order valence-electron chi connectivity index (χ2n) is 10.4. The molecule has 4 aromatic rings. The third-order valence-electron chi connectivity index (χ3n) is 7.41. The molecule has 0 saturated carbocycles. The number of pyridine rings is 1. The Labute approximate surface area is 240 Å². The van der Waals surface area contributed by atoms with Crippen molar-refractivity contribution in [3.8, 4) is 23.1 Å². The SMILES string of the molecule is CCc1cccc(CC)c1-n1c(-c2csc(C(C)C)n2)nc(O)c(C(=O)N2CCC(c3ncc(F)cc3F)C2)c1=O. The lowest BCUT2D eigenvalue weighted by Gasteiger charge is -2.21. The number of aromatic hydroxyl groups is 1. The standard InChI is InChI=1S/C30H31F2N5O3S/c1-5-17-8-7-9-18(6-2)25(17)37-26(22-15-41-28(34-22)16(3)4)35-27(38)23(30(37)40)29(39)36-11-10-19(14-36)24-21(32)12-20(31)13-33-24/h7-9,12-13,15-16,19,38H,5-6,10-11,14H2,1-4H3. The Hall–Kier alpha value is -3.99. The minimum Gasteiger partial charge on any atom is -0.493 e. The first kappa shape index (κ1) is 28.5. The number of hydrogen-bond donors (Lipinski definition) is 1. The van der Waals surface area contributed by atoms with Crippen LogP contribution in [0.3, 0.4) is 0 Å². The molecule has 1 aliphatic heterocycles. The molecule has 3 aromatic heterocycles. The van der Waals surface area contributed by atoms with E-state index >= 15 is 0 Å². The first-order valence-electron chi connectivity index (χ1n) is 13.7. The smallest absolute Gasteiger partial charge is 0.275 e. The molecule has 5 rings (SSSR count). The van der Waals surface area contributed by atoms with Crippen molar-refractivity contribution in [1.29, 1.82) is 0 Å². The summed E-state index contributed by atoms with van der Waals surface area (Å²) in [6.45, 7) is 8.26. The van der Waals surface area contributed by atoms with Gasteiger partial charge in [-0.15, -0.1) is 11.3 Å². The van der Waals surface area contributed by atoms with Crippen molar-refractivity contribution in [2.75, 3.05) is 13.1 Å². The minimum atomic E-state index is -0.784. The van der Waals surface area contributed by atoms with Gasteiger partial charge >= 0.3 is 0 Å². The number of rotatable bonds is 7. The second kappa shape index (κ2) is 11.5. The number of likely N-dealkylation sites (tertiary alicyclic amines) is 1. The monoisotopic (exact) mass is 579 g/mol. The van der Waals surface area contributed by atoms with E-state index in [0.717, 1.165) is 28.4 Å². The predicted octanol–water partition coefficient (Wildman–Crippen LogP) is 5.61. The number of aromatic nitrogens is 4. The van der Waals surface area contributed by atoms with Gasteiger partial charge in [-0.25, -0.2) is 13.8 Å². The van der Waals surface area contributed by atoms with Crippen molar-refractivity contribution < 1.29 is 18.7 Å². The van der Waals surface area contributed by atoms with Crippen LogP contribution >= 0.6 is 11.3 Å². The summed E-state index contributed by atoms with van der Waals surface area (Å²) in [5.41, 5.74) is 1.71. The second-order valence-corrected chi connectivity index (χ2v) is 11.3. The number of aryl methyl sites for hydroxylation is 2. The average molecular weight is 580 g/mol. The molecule has 1 unspecified atom stereocenters. The first-order valence-corrected chi connectivity index (χ1v) is 14.6. The van der Waals surface area contributed by atoms with Crippen LogP contribution < -0.4 is 5.56 Å². The van der Waals surface area contributed by atoms with Crippen LogP contribution in [0.2, 0.25) is 0 Å². The molecular weight excluding hydrogens is 548 g/mol. The Morgan fingerprint density at radius 1 is 1.17 bits per heavy atom. The Balaban J connectivity index is 1.64. The molecule has 0 aliphatic carbocycles. The van der Waals surface area contributed by atoms with Crippen LogP contribution in [-0.4, -0.2) is 48.5 Å². The fraction of sp³-hybridized carbons (Fsp3) is 0.367. The van der Waals surface area contributed by atoms with Crippen LogP contribution in [0.1, 0.15) is 78.1 Å². The fourth-order valence-corrected chi connectivity index (χ4v) is 6.10. The fourth-order valence-electron chi connectivity index (χ4n) is 5.29. The normalized spacial score (nSPS) is 15.2. The molecule has 1 atom stereocenters. The highest BCUT2D eigenvalue weighted by Gasteiger charge is 2.35. The number of halogens is 2. The third-order valence-corrected chi connectivity index (χ3v) is 8.56. The molecule has 1 amide bonds. The van der Waals surface area contributed by atoms with Gasteiger partial charge in [-0.2, -0.15) is 4.98 Å². The van der Waals surface area contributed by atoms with Crippen LogP contribution in [0.4, 0.5) is 8.78 Å². The summed E-state index contributed by atoms with van der Waals surface area (Å²) in [6.07, 6.45) is 2.56. The highest BCUT2D eigenvalue weighted by molar-refractivity contribution is 7.10. The highest BCUT2D eigenvalue weighted by atomic mass is 32.1. The summed E-state index contributed by atoms with van der Waals surface area (Å²) >= 11 is 1.44. The molecule has 0 bridgehead atoms. The van der Waals surface area contributed by atoms with E-state index in [-0.39, 0.29) is 30.5 Å². The number of carbonyl (C=O) groups excluding carboxylic acids is 1. The van der Waals surface area contributed by atoms with Crippen molar-refractivity contribution in [3.63, 3.8) is 0 Å². The molecule has 4 heterocycles. The molecule has 1 fully saturated rings. The van der Waals surface area contributed by atoms with Crippen molar-refractivity contribution in [3.05, 3.63) is 85.2 Å². The minimum absolute atomic E-state index is 0.0601. The van der Waals surface area contributed by atoms with Crippen LogP contribution in [0.5, 0.6) is 5.88 Å². The topological polar surface area (TPSA) is 101 Å². The van der Waals surface area contributed by atoms with E-state index in [4.69, 9.17) is 0 Å². The zero-order valence-electron chi connectivity index (χ0n) is 23.3. The summed E-state index contributed by atoms with van der Waals surface area (Å²) in [5, 5.41) is 13.7. The van der Waals surface area contributed by atoms with Crippen LogP contribution in [0, 0.1) is 11.6 Å². The molecule has 1 saturated heterocycles. The quantitative estimate of drug-likeness (QED) is 0.305. The van der Waals surface area contributed by atoms with Gasteiger partial charge < -0.3 is 10.0 Å². The maximum absolute atomic E-state index is 14.4. The van der Waals surface area contributed by atoms with Gasteiger partial charge in [0.1, 0.15) is 17.3 Å². The van der Waals surface area contributed by atoms with Crippen LogP contribution in [0.25, 0.3) is 17.2 Å². The Morgan fingerprint density at radius 2 is 1.88 bits per heavy atom. The molecule has 1 aromatic carbocycles. The first-order chi connectivity index (χ1) is 19.6. The van der Waals surface area contributed by atoms with E-state index in [9.17, 15) is 23.5 Å². The van der Waals surface area contributed by atoms with Gasteiger partial charge in [0.25, 0.3) is 11.5 Å². The summed E-state index contributed by atoms with van der Waals surface area (Å²) in [5.74, 6) is -3.14. The highest BCUT2D eigenvalue weighted by Crippen LogP contribution is 2.33. The number of thiazole rings is 1. The summed E-state index contributed by atoms with van der Waals surface area (Å²) in [6, 6.07) is 6.54. The molecule has 8 nitrogen and oxygen atoms in total. The third kappa shape index (κ3) is 5.26. The van der Waals surface area contributed by atoms with Crippen molar-refractivity contribution in [2.24, 2.45) is 0 Å². The largest absolute Gasteiger partial charge is 0.493 e. The van der Waals surface area contributed by atoms with E-state index in [1.165, 1.54) is 20.8 Å². The number of para-hydroxylation sites is 1. The summed E-state index contributed by atoms with van der Waals surface area (Å²) < 4.78 is 29.2. The maximum Gasteiger partial charge on any atom is 0.275 e. The lowest BCUT2D eigenvalue weighted by atomic mass is 10.0. The van der Waals surface area contributed by atoms with Crippen molar-refractivity contribution in [2.45, 2.75) is 58.8 Å². The molecule has 0 spiro atoms. The molecule has 11 heteroatoms. The van der Waals surface area contributed by atoms with Crippen LogP contribution in [-0.2, 0) is 12.8 Å². The van der Waals surface area contributed by atoms with Gasteiger partial charge in [0.15, 0.2) is 11.4 Å². The van der Waals surface area contributed by atoms with Crippen molar-refractivity contribution >= 4 is 17.2 Å². The Kier molecular flexibility index (Phi) is 7.99. The van der Waals surface area contributed by atoms with Crippen molar-refractivity contribution in [1.82, 2.24) is 24.4 Å². The molecule has 1 aliphatic rings. The molecule has 41 heavy (non-hydrogen) atoms. The lowest BCUT2D eigenvalue weighted by Crippen LogP contribution is -2.36. The average Bonchev–Trinajstić information content (AvgIpc) is 3.63. The van der Waals surface area contributed by atoms with Gasteiger partial charge in [-0.3, -0.25) is 19.1 Å². The number of amides is 1. The number of nitrogens with zero attached hydrogens (tertiary/aromatic N) is 5. The van der Waals surface area contributed by atoms with Gasteiger partial charge in [-0.05, 0) is 30.4 Å². The van der Waals surface area contributed by atoms with E-state index in [1.54, 1.807) is 5.38 Å².